The number of imidazole rings is 1. The molecule has 0 aliphatic rings. The minimum atomic E-state index is 0.417. The number of rotatable bonds is 2. The molecule has 41 valence electrons. The summed E-state index contributed by atoms with van der Waals surface area (Å²) in [5, 5.41) is 2.31. The average Bonchev–Trinajstić information content (AvgIpc) is 2.19. The highest BCUT2D eigenvalue weighted by Crippen LogP contribution is 1.91. The molecule has 0 atom stereocenters. The first-order valence-corrected chi connectivity index (χ1v) is 2.04. The van der Waals surface area contributed by atoms with Crippen molar-refractivity contribution in [2.24, 2.45) is 0 Å². The van der Waals surface area contributed by atoms with Crippen LogP contribution in [0.3, 0.4) is 0 Å². The molecule has 2 N–H and O–H groups in total. The molecule has 1 aromatic heterocycles. The largest absolute Gasteiger partial charge is 0.341 e. The minimum Gasteiger partial charge on any atom is -0.341 e. The fourth-order valence-corrected chi connectivity index (χ4v) is 0.359. The topological polar surface area (TPSA) is 57.8 Å². The monoisotopic (exact) mass is 110 g/mol. The fourth-order valence-electron chi connectivity index (χ4n) is 0.359. The number of hydrogen-bond acceptors (Lipinski definition) is 2. The second-order valence-corrected chi connectivity index (χ2v) is 1.14. The molecule has 0 aromatic carbocycles. The summed E-state index contributed by atoms with van der Waals surface area (Å²) in [6.07, 6.45) is 4.54. The molecule has 1 rings (SSSR count). The molecule has 4 nitrogen and oxygen atoms in total. The molecule has 0 unspecified atom stereocenters. The maximum Gasteiger partial charge on any atom is 0.212 e. The zero-order valence-corrected chi connectivity index (χ0v) is 4.01. The van der Waals surface area contributed by atoms with Crippen LogP contribution in [0, 0.1) is 6.20 Å². The number of H-pyrrole nitrogens is 1. The number of nitrogens with one attached hydrogen (secondary N) is 2. The number of nitrogens with zero attached hydrogens (tertiary/aromatic N) is 1. The van der Waals surface area contributed by atoms with Gasteiger partial charge in [-0.3, -0.25) is 4.79 Å². The Hall–Kier alpha value is -1.32. The lowest BCUT2D eigenvalue weighted by Gasteiger charge is -1.82. The quantitative estimate of drug-likeness (QED) is 0.517. The van der Waals surface area contributed by atoms with Crippen molar-refractivity contribution in [3.8, 4) is 0 Å². The van der Waals surface area contributed by atoms with Crippen LogP contribution in [0.2, 0.25) is 0 Å². The van der Waals surface area contributed by atoms with Gasteiger partial charge in [0.25, 0.3) is 0 Å². The molecule has 1 heterocycles. The van der Waals surface area contributed by atoms with E-state index < -0.39 is 0 Å². The maximum absolute atomic E-state index is 9.69. The van der Waals surface area contributed by atoms with Crippen molar-refractivity contribution in [2.75, 3.05) is 5.32 Å². The van der Waals surface area contributed by atoms with Crippen LogP contribution in [-0.2, 0) is 4.79 Å². The van der Waals surface area contributed by atoms with Crippen LogP contribution in [0.4, 0.5) is 5.82 Å². The summed E-state index contributed by atoms with van der Waals surface area (Å²) in [7, 11) is 0. The van der Waals surface area contributed by atoms with Crippen molar-refractivity contribution in [3.05, 3.63) is 12.5 Å². The maximum atomic E-state index is 9.69. The van der Waals surface area contributed by atoms with Gasteiger partial charge >= 0.3 is 0 Å². The Balaban J connectivity index is 2.62. The smallest absolute Gasteiger partial charge is 0.212 e. The van der Waals surface area contributed by atoms with E-state index in [1.807, 2.05) is 0 Å². The van der Waals surface area contributed by atoms with E-state index in [0.717, 1.165) is 0 Å². The highest BCUT2D eigenvalue weighted by atomic mass is 16.1. The third-order valence-electron chi connectivity index (χ3n) is 0.644. The molecule has 1 amide bonds. The van der Waals surface area contributed by atoms with Gasteiger partial charge in [-0.2, -0.15) is 0 Å². The molecule has 0 fully saturated rings. The third-order valence-corrected chi connectivity index (χ3v) is 0.644. The highest BCUT2D eigenvalue weighted by Gasteiger charge is 1.86. The van der Waals surface area contributed by atoms with Crippen molar-refractivity contribution in [1.82, 2.24) is 9.97 Å². The number of anilines is 1. The zero-order valence-electron chi connectivity index (χ0n) is 4.01. The van der Waals surface area contributed by atoms with Gasteiger partial charge in [0.05, 0.1) is 6.33 Å². The van der Waals surface area contributed by atoms with E-state index in [4.69, 9.17) is 0 Å². The Morgan fingerprint density at radius 1 is 2.00 bits per heavy atom. The average molecular weight is 110 g/mol. The molecular weight excluding hydrogens is 106 g/mol. The lowest BCUT2D eigenvalue weighted by molar-refractivity contribution is -0.105. The summed E-state index contributed by atoms with van der Waals surface area (Å²) in [5.41, 5.74) is 0. The SMILES string of the molecule is O=CNc1[c][nH]cn1. The normalized spacial score (nSPS) is 8.50. The van der Waals surface area contributed by atoms with Crippen LogP contribution in [0.25, 0.3) is 0 Å². The van der Waals surface area contributed by atoms with Crippen molar-refractivity contribution in [2.45, 2.75) is 0 Å². The molecular formula is C4H4N3O. The standard InChI is InChI=1S/C4H4N3O/c8-3-7-4-1-5-2-6-4/h2-3H,(H,5,6)(H,7,8). The van der Waals surface area contributed by atoms with E-state index in [1.54, 1.807) is 0 Å². The van der Waals surface area contributed by atoms with Crippen LogP contribution >= 0.6 is 0 Å². The van der Waals surface area contributed by atoms with Crippen LogP contribution in [-0.4, -0.2) is 16.4 Å². The lowest BCUT2D eigenvalue weighted by atomic mass is 10.8. The zero-order chi connectivity index (χ0) is 5.82. The molecule has 0 saturated carbocycles. The second kappa shape index (κ2) is 2.11. The van der Waals surface area contributed by atoms with Gasteiger partial charge in [0.2, 0.25) is 6.41 Å². The Kier molecular flexibility index (Phi) is 1.27. The summed E-state index contributed by atoms with van der Waals surface area (Å²) in [5.74, 6) is 0.417. The van der Waals surface area contributed by atoms with Crippen molar-refractivity contribution < 1.29 is 4.79 Å². The molecule has 0 saturated heterocycles. The van der Waals surface area contributed by atoms with Gasteiger partial charge in [0, 0.05) is 0 Å². The molecule has 0 aliphatic carbocycles. The number of aromatic nitrogens is 2. The number of hydrogen-bond donors (Lipinski definition) is 2. The Morgan fingerprint density at radius 3 is 3.38 bits per heavy atom. The van der Waals surface area contributed by atoms with Gasteiger partial charge < -0.3 is 10.3 Å². The third kappa shape index (κ3) is 0.841. The number of amides is 1. The minimum absolute atomic E-state index is 0.417. The van der Waals surface area contributed by atoms with Gasteiger partial charge in [-0.15, -0.1) is 0 Å². The Morgan fingerprint density at radius 2 is 2.88 bits per heavy atom. The lowest BCUT2D eigenvalue weighted by Crippen LogP contribution is -1.92. The summed E-state index contributed by atoms with van der Waals surface area (Å²) >= 11 is 0. The van der Waals surface area contributed by atoms with E-state index in [-0.39, 0.29) is 0 Å². The van der Waals surface area contributed by atoms with Gasteiger partial charge in [-0.05, 0) is 0 Å². The van der Waals surface area contributed by atoms with Crippen LogP contribution in [0.1, 0.15) is 0 Å². The summed E-state index contributed by atoms with van der Waals surface area (Å²) in [6, 6.07) is 0. The summed E-state index contributed by atoms with van der Waals surface area (Å²) in [4.78, 5) is 15.9. The van der Waals surface area contributed by atoms with E-state index in [0.29, 0.717) is 12.2 Å². The molecule has 0 aliphatic heterocycles. The van der Waals surface area contributed by atoms with Crippen molar-refractivity contribution in [3.63, 3.8) is 0 Å². The number of aromatic amines is 1. The van der Waals surface area contributed by atoms with Crippen molar-refractivity contribution in [1.29, 1.82) is 0 Å². The van der Waals surface area contributed by atoms with Gasteiger partial charge in [0.1, 0.15) is 6.20 Å². The fraction of sp³-hybridized carbons (Fsp3) is 0. The van der Waals surface area contributed by atoms with Gasteiger partial charge in [0.15, 0.2) is 5.82 Å². The summed E-state index contributed by atoms with van der Waals surface area (Å²) < 4.78 is 0. The molecule has 0 spiro atoms. The predicted octanol–water partition coefficient (Wildman–Crippen LogP) is -0.222. The first-order chi connectivity index (χ1) is 3.93. The number of carbonyl (C=O) groups excluding carboxylic acids is 1. The van der Waals surface area contributed by atoms with E-state index in [2.05, 4.69) is 21.5 Å². The molecule has 4 heteroatoms. The van der Waals surface area contributed by atoms with E-state index in [1.165, 1.54) is 6.33 Å². The number of carbonyl (C=O) groups is 1. The van der Waals surface area contributed by atoms with E-state index in [9.17, 15) is 4.79 Å². The first-order valence-electron chi connectivity index (χ1n) is 2.04. The van der Waals surface area contributed by atoms with Crippen LogP contribution in [0.5, 0.6) is 0 Å². The Labute approximate surface area is 45.9 Å². The summed E-state index contributed by atoms with van der Waals surface area (Å²) in [6.45, 7) is 0. The molecule has 0 bridgehead atoms. The Bertz CT molecular complexity index is 158. The van der Waals surface area contributed by atoms with E-state index >= 15 is 0 Å². The second-order valence-electron chi connectivity index (χ2n) is 1.14. The van der Waals surface area contributed by atoms with Gasteiger partial charge in [-0.1, -0.05) is 0 Å². The van der Waals surface area contributed by atoms with Crippen LogP contribution in [0.15, 0.2) is 6.33 Å². The highest BCUT2D eigenvalue weighted by molar-refractivity contribution is 5.67. The molecule has 8 heavy (non-hydrogen) atoms. The molecule has 1 aromatic rings. The van der Waals surface area contributed by atoms with Crippen LogP contribution < -0.4 is 5.32 Å². The van der Waals surface area contributed by atoms with Crippen molar-refractivity contribution >= 4 is 12.2 Å². The predicted molar refractivity (Wildman–Crippen MR) is 27.1 cm³/mol. The first kappa shape index (κ1) is 4.83. The molecule has 1 radical (unpaired) electrons. The van der Waals surface area contributed by atoms with Gasteiger partial charge in [-0.25, -0.2) is 4.98 Å².